The maximum absolute atomic E-state index is 2.52. The molecule has 0 saturated carbocycles. The molecule has 0 aromatic heterocycles. The summed E-state index contributed by atoms with van der Waals surface area (Å²) < 4.78 is 0. The van der Waals surface area contributed by atoms with Crippen molar-refractivity contribution in [2.45, 2.75) is 39.3 Å². The molecule has 0 fully saturated rings. The van der Waals surface area contributed by atoms with Gasteiger partial charge in [0.15, 0.2) is 0 Å². The summed E-state index contributed by atoms with van der Waals surface area (Å²) >= 11 is 0. The van der Waals surface area contributed by atoms with Gasteiger partial charge in [-0.05, 0) is 0 Å². The fraction of sp³-hybridized carbons (Fsp3) is 1.00. The Bertz CT molecular complexity index is 82.7. The summed E-state index contributed by atoms with van der Waals surface area (Å²) in [6, 6.07) is 0. The van der Waals surface area contributed by atoms with Crippen molar-refractivity contribution in [1.82, 2.24) is 0 Å². The normalized spacial score (nSPS) is 14.2. The first-order valence-electron chi connectivity index (χ1n) is 4.58. The summed E-state index contributed by atoms with van der Waals surface area (Å²) in [7, 11) is -0.807. The predicted molar refractivity (Wildman–Crippen MR) is 55.1 cm³/mol. The van der Waals surface area contributed by atoms with Gasteiger partial charge in [0.25, 0.3) is 0 Å². The summed E-state index contributed by atoms with van der Waals surface area (Å²) in [6.07, 6.45) is 4.23. The van der Waals surface area contributed by atoms with Crippen molar-refractivity contribution in [1.29, 1.82) is 0 Å². The Labute approximate surface area is 66.7 Å². The molecule has 0 aliphatic heterocycles. The number of rotatable bonds is 4. The molecule has 0 heterocycles. The van der Waals surface area contributed by atoms with Crippen LogP contribution in [0.2, 0.25) is 0 Å². The zero-order valence-electron chi connectivity index (χ0n) is 8.20. The van der Waals surface area contributed by atoms with Crippen LogP contribution in [-0.4, -0.2) is 25.2 Å². The third-order valence-corrected chi connectivity index (χ3v) is 7.85. The number of hydrogen-bond acceptors (Lipinski definition) is 0. The molecule has 0 nitrogen and oxygen atoms in total. The zero-order valence-corrected chi connectivity index (χ0v) is 9.20. The van der Waals surface area contributed by atoms with Crippen LogP contribution in [0.5, 0.6) is 0 Å². The predicted octanol–water partition coefficient (Wildman–Crippen LogP) is 3.20. The van der Waals surface area contributed by atoms with Crippen LogP contribution in [0.15, 0.2) is 0 Å². The van der Waals surface area contributed by atoms with Crippen LogP contribution in [0.1, 0.15) is 33.6 Å². The average molecular weight is 162 g/mol. The molecule has 0 aromatic carbocycles. The van der Waals surface area contributed by atoms with E-state index in [4.69, 9.17) is 0 Å². The van der Waals surface area contributed by atoms with Crippen molar-refractivity contribution in [2.24, 2.45) is 0 Å². The van der Waals surface area contributed by atoms with Gasteiger partial charge in [-0.3, -0.25) is 0 Å². The van der Waals surface area contributed by atoms with Crippen LogP contribution in [0.3, 0.4) is 0 Å². The van der Waals surface area contributed by atoms with E-state index in [1.165, 1.54) is 19.0 Å². The van der Waals surface area contributed by atoms with Crippen molar-refractivity contribution in [3.63, 3.8) is 0 Å². The molecule has 0 bridgehead atoms. The van der Waals surface area contributed by atoms with Gasteiger partial charge >= 0.3 is 66.0 Å². The van der Waals surface area contributed by atoms with Crippen LogP contribution in [0, 0.1) is 0 Å². The second-order valence-corrected chi connectivity index (χ2v) is 9.36. The van der Waals surface area contributed by atoms with Gasteiger partial charge in [-0.1, -0.05) is 0 Å². The first kappa shape index (κ1) is 10.4. The molecule has 0 aliphatic rings. The van der Waals surface area contributed by atoms with Gasteiger partial charge < -0.3 is 0 Å². The van der Waals surface area contributed by atoms with Gasteiger partial charge in [0.1, 0.15) is 0 Å². The monoisotopic (exact) mass is 162 g/mol. The van der Waals surface area contributed by atoms with E-state index in [1.807, 2.05) is 0 Å². The molecule has 0 amide bonds. The molecule has 0 unspecified atom stereocenters. The van der Waals surface area contributed by atoms with Crippen LogP contribution >= 0.6 is 7.26 Å². The molecule has 10 heavy (non-hydrogen) atoms. The first-order valence-corrected chi connectivity index (χ1v) is 7.86. The molecule has 0 saturated heterocycles. The third kappa shape index (κ3) is 2.58. The van der Waals surface area contributed by atoms with E-state index in [9.17, 15) is 0 Å². The van der Waals surface area contributed by atoms with Crippen LogP contribution < -0.4 is 0 Å². The zero-order chi connectivity index (χ0) is 8.20. The molecular weight excluding hydrogens is 139 g/mol. The molecule has 64 valence electrons. The SMILES string of the molecule is CCC(CC)[PH](C)(C)CC. The summed E-state index contributed by atoms with van der Waals surface area (Å²) in [6.45, 7) is 12.1. The van der Waals surface area contributed by atoms with Gasteiger partial charge in [-0.2, -0.15) is 0 Å². The van der Waals surface area contributed by atoms with Crippen molar-refractivity contribution < 1.29 is 0 Å². The fourth-order valence-corrected chi connectivity index (χ4v) is 4.47. The van der Waals surface area contributed by atoms with Gasteiger partial charge in [0, 0.05) is 0 Å². The Balaban J connectivity index is 3.97. The van der Waals surface area contributed by atoms with Gasteiger partial charge in [-0.25, -0.2) is 0 Å². The van der Waals surface area contributed by atoms with E-state index in [1.54, 1.807) is 0 Å². The van der Waals surface area contributed by atoms with E-state index in [0.717, 1.165) is 5.66 Å². The van der Waals surface area contributed by atoms with Crippen molar-refractivity contribution >= 4 is 7.26 Å². The second-order valence-electron chi connectivity index (χ2n) is 3.86. The minimum atomic E-state index is -0.807. The van der Waals surface area contributed by atoms with Crippen LogP contribution in [0.4, 0.5) is 0 Å². The van der Waals surface area contributed by atoms with Gasteiger partial charge in [0.05, 0.1) is 0 Å². The minimum absolute atomic E-state index is 0.807. The van der Waals surface area contributed by atoms with Crippen LogP contribution in [-0.2, 0) is 0 Å². The number of hydrogen-bond donors (Lipinski definition) is 0. The molecule has 0 aromatic rings. The Kier molecular flexibility index (Phi) is 4.52. The molecule has 1 heteroatoms. The Hall–Kier alpha value is 0.430. The van der Waals surface area contributed by atoms with Crippen molar-refractivity contribution in [3.05, 3.63) is 0 Å². The summed E-state index contributed by atoms with van der Waals surface area (Å²) in [5.41, 5.74) is 1.05. The summed E-state index contributed by atoms with van der Waals surface area (Å²) in [5, 5.41) is 0. The van der Waals surface area contributed by atoms with Gasteiger partial charge in [0.2, 0.25) is 0 Å². The standard InChI is InChI=1S/C9H23P/c1-6-9(7-2)10(4,5)8-3/h9-10H,6-8H2,1-5H3. The maximum atomic E-state index is 2.52. The first-order chi connectivity index (χ1) is 4.58. The molecule has 0 atom stereocenters. The molecule has 0 radical (unpaired) electrons. The van der Waals surface area contributed by atoms with E-state index < -0.39 is 7.26 Å². The van der Waals surface area contributed by atoms with E-state index in [-0.39, 0.29) is 0 Å². The summed E-state index contributed by atoms with van der Waals surface area (Å²) in [4.78, 5) is 0. The topological polar surface area (TPSA) is 0 Å². The van der Waals surface area contributed by atoms with E-state index >= 15 is 0 Å². The molecule has 0 N–H and O–H groups in total. The second kappa shape index (κ2) is 4.34. The Morgan fingerprint density at radius 3 is 1.50 bits per heavy atom. The molecule has 0 spiro atoms. The molecule has 0 rings (SSSR count). The van der Waals surface area contributed by atoms with E-state index in [0.29, 0.717) is 0 Å². The Morgan fingerprint density at radius 2 is 1.40 bits per heavy atom. The fourth-order valence-electron chi connectivity index (χ4n) is 1.68. The molecular formula is C9H23P. The summed E-state index contributed by atoms with van der Waals surface area (Å²) in [5.74, 6) is 0. The van der Waals surface area contributed by atoms with E-state index in [2.05, 4.69) is 34.1 Å². The quantitative estimate of drug-likeness (QED) is 0.557. The Morgan fingerprint density at radius 1 is 1.00 bits per heavy atom. The van der Waals surface area contributed by atoms with Crippen molar-refractivity contribution in [3.8, 4) is 0 Å². The van der Waals surface area contributed by atoms with Crippen molar-refractivity contribution in [2.75, 3.05) is 19.5 Å². The molecule has 0 aliphatic carbocycles. The third-order valence-electron chi connectivity index (χ3n) is 3.00. The van der Waals surface area contributed by atoms with Gasteiger partial charge in [-0.15, -0.1) is 0 Å². The average Bonchev–Trinajstić information content (AvgIpc) is 1.90. The van der Waals surface area contributed by atoms with Crippen LogP contribution in [0.25, 0.3) is 0 Å².